The van der Waals surface area contributed by atoms with Crippen molar-refractivity contribution in [1.82, 2.24) is 10.6 Å². The molecule has 0 aromatic rings. The van der Waals surface area contributed by atoms with Crippen molar-refractivity contribution in [2.45, 2.75) is 30.9 Å². The van der Waals surface area contributed by atoms with Gasteiger partial charge in [-0.2, -0.15) is 11.8 Å². The molecule has 2 N–H and O–H groups in total. The van der Waals surface area contributed by atoms with E-state index in [2.05, 4.69) is 22.5 Å². The zero-order valence-corrected chi connectivity index (χ0v) is 13.3. The largest absolute Gasteiger partial charge is 0.355 e. The number of rotatable bonds is 4. The molecule has 1 fully saturated rings. The topological polar surface area (TPSA) is 36.4 Å². The SMILES string of the molecule is CN=C(NCC(F)F)NCC1(C)CCCS1.I. The fraction of sp³-hybridized carbons (Fsp3) is 0.900. The van der Waals surface area contributed by atoms with E-state index in [1.165, 1.54) is 12.2 Å². The summed E-state index contributed by atoms with van der Waals surface area (Å²) >= 11 is 1.93. The minimum atomic E-state index is -2.35. The van der Waals surface area contributed by atoms with Gasteiger partial charge < -0.3 is 10.6 Å². The number of aliphatic imine (C=N–C) groups is 1. The second-order valence-corrected chi connectivity index (χ2v) is 5.78. The molecule has 7 heteroatoms. The molecule has 1 saturated heterocycles. The van der Waals surface area contributed by atoms with E-state index >= 15 is 0 Å². The van der Waals surface area contributed by atoms with Crippen molar-refractivity contribution in [1.29, 1.82) is 0 Å². The van der Waals surface area contributed by atoms with Crippen LogP contribution in [0, 0.1) is 0 Å². The predicted octanol–water partition coefficient (Wildman–Crippen LogP) is 2.32. The second kappa shape index (κ2) is 8.34. The van der Waals surface area contributed by atoms with E-state index in [-0.39, 0.29) is 35.3 Å². The van der Waals surface area contributed by atoms with Crippen molar-refractivity contribution < 1.29 is 8.78 Å². The fourth-order valence-corrected chi connectivity index (χ4v) is 2.89. The molecular formula is C10H20F2IN3S. The van der Waals surface area contributed by atoms with Crippen LogP contribution in [0.5, 0.6) is 0 Å². The first-order valence-electron chi connectivity index (χ1n) is 5.42. The van der Waals surface area contributed by atoms with E-state index in [9.17, 15) is 8.78 Å². The molecule has 1 heterocycles. The van der Waals surface area contributed by atoms with Crippen molar-refractivity contribution in [2.75, 3.05) is 25.9 Å². The van der Waals surface area contributed by atoms with Gasteiger partial charge in [-0.05, 0) is 25.5 Å². The summed E-state index contributed by atoms with van der Waals surface area (Å²) in [7, 11) is 1.59. The van der Waals surface area contributed by atoms with E-state index < -0.39 is 6.43 Å². The Morgan fingerprint density at radius 1 is 1.47 bits per heavy atom. The Kier molecular flexibility index (Phi) is 8.44. The third-order valence-electron chi connectivity index (χ3n) is 2.58. The van der Waals surface area contributed by atoms with Gasteiger partial charge in [-0.15, -0.1) is 24.0 Å². The van der Waals surface area contributed by atoms with Gasteiger partial charge in [0.25, 0.3) is 6.43 Å². The average molecular weight is 379 g/mol. The molecule has 1 aliphatic rings. The summed E-state index contributed by atoms with van der Waals surface area (Å²) in [5.74, 6) is 1.63. The number of halogens is 3. The van der Waals surface area contributed by atoms with Gasteiger partial charge in [0.2, 0.25) is 0 Å². The zero-order chi connectivity index (χ0) is 12.0. The van der Waals surface area contributed by atoms with E-state index in [0.717, 1.165) is 13.0 Å². The molecule has 0 aliphatic carbocycles. The summed E-state index contributed by atoms with van der Waals surface area (Å²) < 4.78 is 24.2. The maximum atomic E-state index is 12.0. The Bertz CT molecular complexity index is 246. The van der Waals surface area contributed by atoms with Gasteiger partial charge in [0.05, 0.1) is 6.54 Å². The standard InChI is InChI=1S/C10H19F2N3S.HI/c1-10(4-3-5-16-10)7-15-9(13-2)14-6-8(11)12;/h8H,3-7H2,1-2H3,(H2,13,14,15);1H. The van der Waals surface area contributed by atoms with Crippen LogP contribution in [0.25, 0.3) is 0 Å². The summed E-state index contributed by atoms with van der Waals surface area (Å²) in [4.78, 5) is 3.90. The molecular weight excluding hydrogens is 359 g/mol. The number of hydrogen-bond acceptors (Lipinski definition) is 2. The molecule has 1 atom stereocenters. The molecule has 0 saturated carbocycles. The Labute approximate surface area is 123 Å². The predicted molar refractivity (Wildman–Crippen MR) is 80.9 cm³/mol. The van der Waals surface area contributed by atoms with Gasteiger partial charge in [0.1, 0.15) is 0 Å². The number of alkyl halides is 2. The Morgan fingerprint density at radius 2 is 2.18 bits per heavy atom. The van der Waals surface area contributed by atoms with Gasteiger partial charge in [-0.3, -0.25) is 4.99 Å². The summed E-state index contributed by atoms with van der Waals surface area (Å²) in [5, 5.41) is 5.68. The molecule has 0 radical (unpaired) electrons. The number of nitrogens with one attached hydrogen (secondary N) is 2. The van der Waals surface area contributed by atoms with Crippen LogP contribution in [0.1, 0.15) is 19.8 Å². The molecule has 3 nitrogen and oxygen atoms in total. The lowest BCUT2D eigenvalue weighted by Gasteiger charge is -2.24. The smallest absolute Gasteiger partial charge is 0.255 e. The Hall–Kier alpha value is 0.210. The molecule has 0 aromatic carbocycles. The second-order valence-electron chi connectivity index (χ2n) is 4.10. The first-order valence-corrected chi connectivity index (χ1v) is 6.41. The molecule has 0 bridgehead atoms. The van der Waals surface area contributed by atoms with Gasteiger partial charge >= 0.3 is 0 Å². The van der Waals surface area contributed by atoms with Crippen LogP contribution in [-0.2, 0) is 0 Å². The minimum Gasteiger partial charge on any atom is -0.355 e. The highest BCUT2D eigenvalue weighted by Gasteiger charge is 2.29. The van der Waals surface area contributed by atoms with Crippen LogP contribution in [0.2, 0.25) is 0 Å². The summed E-state index contributed by atoms with van der Waals surface area (Å²) in [6.45, 7) is 2.60. The summed E-state index contributed by atoms with van der Waals surface area (Å²) in [6, 6.07) is 0. The summed E-state index contributed by atoms with van der Waals surface area (Å²) in [6.07, 6.45) is 0.0394. The number of guanidine groups is 1. The van der Waals surface area contributed by atoms with Crippen LogP contribution in [0.4, 0.5) is 8.78 Å². The highest BCUT2D eigenvalue weighted by atomic mass is 127. The fourth-order valence-electron chi connectivity index (χ4n) is 1.64. The zero-order valence-electron chi connectivity index (χ0n) is 10.1. The van der Waals surface area contributed by atoms with Crippen LogP contribution in [0.3, 0.4) is 0 Å². The van der Waals surface area contributed by atoms with Crippen molar-refractivity contribution in [2.24, 2.45) is 4.99 Å². The summed E-state index contributed by atoms with van der Waals surface area (Å²) in [5.41, 5.74) is 0. The molecule has 102 valence electrons. The maximum Gasteiger partial charge on any atom is 0.255 e. The highest BCUT2D eigenvalue weighted by Crippen LogP contribution is 2.36. The molecule has 1 unspecified atom stereocenters. The Balaban J connectivity index is 0.00000256. The minimum absolute atomic E-state index is 0. The highest BCUT2D eigenvalue weighted by molar-refractivity contribution is 14.0. The van der Waals surface area contributed by atoms with E-state index in [0.29, 0.717) is 5.96 Å². The molecule has 17 heavy (non-hydrogen) atoms. The quantitative estimate of drug-likeness (QED) is 0.447. The number of hydrogen-bond donors (Lipinski definition) is 2. The van der Waals surface area contributed by atoms with Crippen LogP contribution in [-0.4, -0.2) is 43.0 Å². The van der Waals surface area contributed by atoms with Crippen LogP contribution >= 0.6 is 35.7 Å². The first-order chi connectivity index (χ1) is 7.56. The van der Waals surface area contributed by atoms with E-state index in [4.69, 9.17) is 0 Å². The maximum absolute atomic E-state index is 12.0. The lowest BCUT2D eigenvalue weighted by molar-refractivity contribution is 0.152. The van der Waals surface area contributed by atoms with Gasteiger partial charge in [-0.1, -0.05) is 0 Å². The third kappa shape index (κ3) is 6.64. The monoisotopic (exact) mass is 379 g/mol. The Morgan fingerprint density at radius 3 is 2.65 bits per heavy atom. The normalized spacial score (nSPS) is 24.6. The van der Waals surface area contributed by atoms with Crippen molar-refractivity contribution >= 4 is 41.7 Å². The van der Waals surface area contributed by atoms with E-state index in [1.54, 1.807) is 7.05 Å². The van der Waals surface area contributed by atoms with E-state index in [1.807, 2.05) is 11.8 Å². The first kappa shape index (κ1) is 17.2. The third-order valence-corrected chi connectivity index (χ3v) is 4.12. The van der Waals surface area contributed by atoms with Crippen molar-refractivity contribution in [3.05, 3.63) is 0 Å². The number of nitrogens with zero attached hydrogens (tertiary/aromatic N) is 1. The van der Waals surface area contributed by atoms with Gasteiger partial charge in [0.15, 0.2) is 5.96 Å². The van der Waals surface area contributed by atoms with Crippen molar-refractivity contribution in [3.8, 4) is 0 Å². The van der Waals surface area contributed by atoms with Crippen LogP contribution in [0.15, 0.2) is 4.99 Å². The van der Waals surface area contributed by atoms with Gasteiger partial charge in [0, 0.05) is 18.3 Å². The average Bonchev–Trinajstić information content (AvgIpc) is 2.65. The molecule has 0 aromatic heterocycles. The lowest BCUT2D eigenvalue weighted by atomic mass is 10.1. The molecule has 1 rings (SSSR count). The molecule has 1 aliphatic heterocycles. The lowest BCUT2D eigenvalue weighted by Crippen LogP contribution is -2.44. The molecule has 0 amide bonds. The molecule has 0 spiro atoms. The van der Waals surface area contributed by atoms with Crippen LogP contribution < -0.4 is 10.6 Å². The van der Waals surface area contributed by atoms with Gasteiger partial charge in [-0.25, -0.2) is 8.78 Å². The van der Waals surface area contributed by atoms with Crippen molar-refractivity contribution in [3.63, 3.8) is 0 Å². The number of thioether (sulfide) groups is 1.